The van der Waals surface area contributed by atoms with Gasteiger partial charge in [0.05, 0.1) is 0 Å². The van der Waals surface area contributed by atoms with Gasteiger partial charge in [0.25, 0.3) is 0 Å². The van der Waals surface area contributed by atoms with Gasteiger partial charge in [0.1, 0.15) is 0 Å². The second kappa shape index (κ2) is 1.47. The molecular formula is C6H12N2. The lowest BCUT2D eigenvalue weighted by Crippen LogP contribution is -2.20. The normalized spacial score (nSPS) is 24.6. The molecule has 1 heterocycles. The van der Waals surface area contributed by atoms with Crippen LogP contribution in [0.2, 0.25) is 0 Å². The van der Waals surface area contributed by atoms with Gasteiger partial charge in [-0.3, -0.25) is 5.01 Å². The lowest BCUT2D eigenvalue weighted by Gasteiger charge is -2.14. The third-order valence-electron chi connectivity index (χ3n) is 1.24. The summed E-state index contributed by atoms with van der Waals surface area (Å²) in [6.45, 7) is 5.41. The van der Waals surface area contributed by atoms with Crippen LogP contribution in [0.25, 0.3) is 0 Å². The molecule has 1 aliphatic rings. The molecule has 0 aromatic heterocycles. The topological polar surface area (TPSA) is 15.6 Å². The molecule has 2 heteroatoms. The van der Waals surface area contributed by atoms with Crippen molar-refractivity contribution < 1.29 is 0 Å². The summed E-state index contributed by atoms with van der Waals surface area (Å²) in [6.07, 6.45) is 1.99. The monoisotopic (exact) mass is 112 g/mol. The number of hydrogen-bond donors (Lipinski definition) is 0. The maximum absolute atomic E-state index is 4.10. The molecule has 1 aliphatic heterocycles. The minimum Gasteiger partial charge on any atom is -0.299 e. The van der Waals surface area contributed by atoms with Crippen LogP contribution >= 0.6 is 0 Å². The molecule has 0 atom stereocenters. The van der Waals surface area contributed by atoms with Crippen LogP contribution in [-0.4, -0.2) is 24.8 Å². The second-order valence-electron chi connectivity index (χ2n) is 3.05. The minimum atomic E-state index is 0.300. The first-order valence-corrected chi connectivity index (χ1v) is 2.86. The molecule has 2 nitrogen and oxygen atoms in total. The minimum absolute atomic E-state index is 0.300. The summed E-state index contributed by atoms with van der Waals surface area (Å²) < 4.78 is 0. The largest absolute Gasteiger partial charge is 0.299 e. The molecule has 0 saturated heterocycles. The highest BCUT2D eigenvalue weighted by molar-refractivity contribution is 5.66. The number of hydrazone groups is 1. The van der Waals surface area contributed by atoms with Gasteiger partial charge in [-0.2, -0.15) is 5.10 Å². The van der Waals surface area contributed by atoms with Crippen LogP contribution in [0.15, 0.2) is 5.10 Å². The van der Waals surface area contributed by atoms with E-state index in [-0.39, 0.29) is 0 Å². The zero-order chi connectivity index (χ0) is 6.20. The van der Waals surface area contributed by atoms with Gasteiger partial charge in [-0.1, -0.05) is 13.8 Å². The predicted molar refractivity (Wildman–Crippen MR) is 34.9 cm³/mol. The predicted octanol–water partition coefficient (Wildman–Crippen LogP) is 0.944. The standard InChI is InChI=1S/C6H12N2/c1-6(2)4-7-8(3)5-6/h4H,5H2,1-3H3. The highest BCUT2D eigenvalue weighted by Gasteiger charge is 2.21. The average Bonchev–Trinajstić information content (AvgIpc) is 1.82. The summed E-state index contributed by atoms with van der Waals surface area (Å²) in [4.78, 5) is 0. The van der Waals surface area contributed by atoms with Crippen molar-refractivity contribution in [3.8, 4) is 0 Å². The van der Waals surface area contributed by atoms with Crippen LogP contribution in [0.3, 0.4) is 0 Å². The highest BCUT2D eigenvalue weighted by Crippen LogP contribution is 2.18. The molecule has 0 saturated carbocycles. The van der Waals surface area contributed by atoms with Crippen molar-refractivity contribution in [3.63, 3.8) is 0 Å². The van der Waals surface area contributed by atoms with Gasteiger partial charge >= 0.3 is 0 Å². The fourth-order valence-electron chi connectivity index (χ4n) is 0.926. The third-order valence-corrected chi connectivity index (χ3v) is 1.24. The number of nitrogens with zero attached hydrogens (tertiary/aromatic N) is 2. The van der Waals surface area contributed by atoms with Crippen LogP contribution in [0.4, 0.5) is 0 Å². The third kappa shape index (κ3) is 0.997. The molecule has 46 valence electrons. The molecule has 0 aromatic rings. The summed E-state index contributed by atoms with van der Waals surface area (Å²) in [7, 11) is 1.99. The van der Waals surface area contributed by atoms with Crippen LogP contribution < -0.4 is 0 Å². The Labute approximate surface area is 50.2 Å². The molecule has 8 heavy (non-hydrogen) atoms. The Hall–Kier alpha value is -0.530. The lowest BCUT2D eigenvalue weighted by molar-refractivity contribution is 0.320. The van der Waals surface area contributed by atoms with E-state index in [2.05, 4.69) is 18.9 Å². The molecule has 0 aromatic carbocycles. The van der Waals surface area contributed by atoms with Crippen molar-refractivity contribution in [2.24, 2.45) is 10.5 Å². The molecule has 0 amide bonds. The first-order chi connectivity index (χ1) is 3.60. The van der Waals surface area contributed by atoms with Crippen LogP contribution in [0, 0.1) is 5.41 Å². The van der Waals surface area contributed by atoms with E-state index in [0.717, 1.165) is 6.54 Å². The first kappa shape index (κ1) is 5.60. The fourth-order valence-corrected chi connectivity index (χ4v) is 0.926. The molecule has 0 N–H and O–H groups in total. The second-order valence-corrected chi connectivity index (χ2v) is 3.05. The summed E-state index contributed by atoms with van der Waals surface area (Å²) in [5.41, 5.74) is 0.300. The van der Waals surface area contributed by atoms with Crippen molar-refractivity contribution >= 4 is 6.21 Å². The van der Waals surface area contributed by atoms with E-state index in [1.54, 1.807) is 0 Å². The zero-order valence-electron chi connectivity index (χ0n) is 5.68. The molecule has 0 bridgehead atoms. The highest BCUT2D eigenvalue weighted by atomic mass is 15.5. The van der Waals surface area contributed by atoms with E-state index in [0.29, 0.717) is 5.41 Å². The van der Waals surface area contributed by atoms with E-state index >= 15 is 0 Å². The van der Waals surface area contributed by atoms with E-state index in [1.807, 2.05) is 18.3 Å². The maximum atomic E-state index is 4.10. The number of rotatable bonds is 0. The lowest BCUT2D eigenvalue weighted by atomic mass is 9.97. The molecular weight excluding hydrogens is 100 g/mol. The zero-order valence-corrected chi connectivity index (χ0v) is 5.68. The van der Waals surface area contributed by atoms with Crippen molar-refractivity contribution in [1.82, 2.24) is 5.01 Å². The SMILES string of the molecule is CN1CC(C)(C)C=N1. The molecule has 0 fully saturated rings. The molecule has 0 aliphatic carbocycles. The summed E-state index contributed by atoms with van der Waals surface area (Å²) in [6, 6.07) is 0. The van der Waals surface area contributed by atoms with Gasteiger partial charge in [-0.05, 0) is 0 Å². The Balaban J connectivity index is 2.58. The summed E-state index contributed by atoms with van der Waals surface area (Å²) in [5.74, 6) is 0. The molecule has 0 unspecified atom stereocenters. The molecule has 0 radical (unpaired) electrons. The van der Waals surface area contributed by atoms with Gasteiger partial charge in [0, 0.05) is 25.2 Å². The van der Waals surface area contributed by atoms with Crippen LogP contribution in [0.1, 0.15) is 13.8 Å². The van der Waals surface area contributed by atoms with E-state index in [1.165, 1.54) is 0 Å². The van der Waals surface area contributed by atoms with E-state index in [4.69, 9.17) is 0 Å². The fraction of sp³-hybridized carbons (Fsp3) is 0.833. The van der Waals surface area contributed by atoms with Gasteiger partial charge in [0.2, 0.25) is 0 Å². The van der Waals surface area contributed by atoms with E-state index < -0.39 is 0 Å². The van der Waals surface area contributed by atoms with Gasteiger partial charge in [-0.15, -0.1) is 0 Å². The summed E-state index contributed by atoms with van der Waals surface area (Å²) >= 11 is 0. The number of hydrogen-bond acceptors (Lipinski definition) is 2. The van der Waals surface area contributed by atoms with Crippen molar-refractivity contribution in [1.29, 1.82) is 0 Å². The van der Waals surface area contributed by atoms with Gasteiger partial charge in [-0.25, -0.2) is 0 Å². The Bertz CT molecular complexity index is 116. The molecule has 0 spiro atoms. The van der Waals surface area contributed by atoms with Crippen molar-refractivity contribution in [2.45, 2.75) is 13.8 Å². The average molecular weight is 112 g/mol. The van der Waals surface area contributed by atoms with Crippen LogP contribution in [-0.2, 0) is 0 Å². The van der Waals surface area contributed by atoms with Crippen molar-refractivity contribution in [2.75, 3.05) is 13.6 Å². The Morgan fingerprint density at radius 1 is 1.62 bits per heavy atom. The Kier molecular flexibility index (Phi) is 1.03. The van der Waals surface area contributed by atoms with Gasteiger partial charge < -0.3 is 0 Å². The Morgan fingerprint density at radius 2 is 2.25 bits per heavy atom. The summed E-state index contributed by atoms with van der Waals surface area (Å²) in [5, 5.41) is 6.06. The van der Waals surface area contributed by atoms with Crippen molar-refractivity contribution in [3.05, 3.63) is 0 Å². The molecule has 1 rings (SSSR count). The van der Waals surface area contributed by atoms with Gasteiger partial charge in [0.15, 0.2) is 0 Å². The van der Waals surface area contributed by atoms with E-state index in [9.17, 15) is 0 Å². The maximum Gasteiger partial charge on any atom is 0.0458 e. The van der Waals surface area contributed by atoms with Crippen LogP contribution in [0.5, 0.6) is 0 Å². The Morgan fingerprint density at radius 3 is 2.38 bits per heavy atom. The quantitative estimate of drug-likeness (QED) is 0.455. The first-order valence-electron chi connectivity index (χ1n) is 2.86. The smallest absolute Gasteiger partial charge is 0.0458 e.